The summed E-state index contributed by atoms with van der Waals surface area (Å²) >= 11 is 5.19. The zero-order chi connectivity index (χ0) is 17.0. The van der Waals surface area contributed by atoms with E-state index in [2.05, 4.69) is 17.2 Å². The van der Waals surface area contributed by atoms with Crippen LogP contribution in [0, 0.1) is 5.92 Å². The van der Waals surface area contributed by atoms with E-state index in [4.69, 9.17) is 26.4 Å². The fraction of sp³-hybridized carbons (Fsp3) is 0.375. The van der Waals surface area contributed by atoms with Crippen molar-refractivity contribution in [3.8, 4) is 11.5 Å². The highest BCUT2D eigenvalue weighted by Crippen LogP contribution is 2.37. The molecule has 0 aromatic heterocycles. The number of carbonyl (C=O) groups is 1. The minimum Gasteiger partial charge on any atom is -0.497 e. The van der Waals surface area contributed by atoms with E-state index in [1.54, 1.807) is 33.3 Å². The van der Waals surface area contributed by atoms with E-state index < -0.39 is 12.0 Å². The van der Waals surface area contributed by atoms with E-state index in [0.29, 0.717) is 28.9 Å². The summed E-state index contributed by atoms with van der Waals surface area (Å²) in [6.45, 7) is 5.96. The molecular formula is C16H20N2O4S. The number of methoxy groups -OCH3 is 2. The molecule has 2 unspecified atom stereocenters. The number of rotatable bonds is 5. The fourth-order valence-corrected chi connectivity index (χ4v) is 2.79. The van der Waals surface area contributed by atoms with E-state index in [1.165, 1.54) is 0 Å². The monoisotopic (exact) mass is 336 g/mol. The molecule has 1 aliphatic rings. The van der Waals surface area contributed by atoms with Crippen LogP contribution >= 0.6 is 12.2 Å². The van der Waals surface area contributed by atoms with Crippen molar-refractivity contribution in [1.82, 2.24) is 10.6 Å². The first-order chi connectivity index (χ1) is 11.0. The Morgan fingerprint density at radius 2 is 2.09 bits per heavy atom. The molecule has 6 nitrogen and oxygen atoms in total. The molecule has 23 heavy (non-hydrogen) atoms. The number of ether oxygens (including phenoxy) is 3. The van der Waals surface area contributed by atoms with Crippen molar-refractivity contribution in [1.29, 1.82) is 0 Å². The van der Waals surface area contributed by atoms with Gasteiger partial charge in [-0.2, -0.15) is 0 Å². The highest BCUT2D eigenvalue weighted by Gasteiger charge is 2.39. The van der Waals surface area contributed by atoms with Crippen LogP contribution in [0.1, 0.15) is 18.5 Å². The van der Waals surface area contributed by atoms with Gasteiger partial charge < -0.3 is 24.8 Å². The van der Waals surface area contributed by atoms with Gasteiger partial charge >= 0.3 is 5.97 Å². The van der Waals surface area contributed by atoms with Gasteiger partial charge in [0.2, 0.25) is 0 Å². The highest BCUT2D eigenvalue weighted by atomic mass is 32.1. The van der Waals surface area contributed by atoms with E-state index in [-0.39, 0.29) is 5.97 Å². The van der Waals surface area contributed by atoms with Crippen molar-refractivity contribution in [3.63, 3.8) is 0 Å². The van der Waals surface area contributed by atoms with E-state index in [1.807, 2.05) is 6.07 Å². The lowest BCUT2D eigenvalue weighted by Gasteiger charge is -2.35. The maximum Gasteiger partial charge on any atom is 0.317 e. The maximum absolute atomic E-state index is 12.3. The predicted molar refractivity (Wildman–Crippen MR) is 90.4 cm³/mol. The van der Waals surface area contributed by atoms with Crippen LogP contribution in [0.25, 0.3) is 0 Å². The first-order valence-corrected chi connectivity index (χ1v) is 7.57. The molecule has 1 aromatic rings. The molecule has 1 aliphatic heterocycles. The smallest absolute Gasteiger partial charge is 0.317 e. The van der Waals surface area contributed by atoms with Crippen LogP contribution in [0.2, 0.25) is 0 Å². The first-order valence-electron chi connectivity index (χ1n) is 7.16. The van der Waals surface area contributed by atoms with Gasteiger partial charge in [-0.3, -0.25) is 4.79 Å². The third-order valence-electron chi connectivity index (χ3n) is 3.59. The molecule has 0 amide bonds. The molecule has 2 rings (SSSR count). The Morgan fingerprint density at radius 3 is 2.70 bits per heavy atom. The van der Waals surface area contributed by atoms with Crippen LogP contribution in [-0.2, 0) is 9.53 Å². The molecule has 1 saturated heterocycles. The van der Waals surface area contributed by atoms with Gasteiger partial charge in [-0.05, 0) is 31.3 Å². The predicted octanol–water partition coefficient (Wildman–Crippen LogP) is 1.92. The molecule has 7 heteroatoms. The van der Waals surface area contributed by atoms with Crippen LogP contribution in [0.15, 0.2) is 30.5 Å². The van der Waals surface area contributed by atoms with Crippen LogP contribution in [0.5, 0.6) is 11.5 Å². The minimum atomic E-state index is -0.621. The average molecular weight is 336 g/mol. The lowest BCUT2D eigenvalue weighted by molar-refractivity contribution is -0.147. The van der Waals surface area contributed by atoms with Gasteiger partial charge in [0.15, 0.2) is 5.11 Å². The summed E-state index contributed by atoms with van der Waals surface area (Å²) in [4.78, 5) is 12.3. The Bertz CT molecular complexity index is 633. The standard InChI is InChI=1S/C16H20N2O4S/c1-5-22-15(19)13-9(2)17-16(23)18-14(13)11-7-6-10(20-3)8-12(11)21-4/h6-8,13-14H,2,5H2,1,3-4H3,(H2,17,18,23). The van der Waals surface area contributed by atoms with Gasteiger partial charge in [0, 0.05) is 17.3 Å². The van der Waals surface area contributed by atoms with Gasteiger partial charge in [0.25, 0.3) is 0 Å². The summed E-state index contributed by atoms with van der Waals surface area (Å²) < 4.78 is 15.8. The second kappa shape index (κ2) is 7.32. The molecule has 1 heterocycles. The van der Waals surface area contributed by atoms with Crippen molar-refractivity contribution in [2.24, 2.45) is 5.92 Å². The molecule has 0 saturated carbocycles. The summed E-state index contributed by atoms with van der Waals surface area (Å²) in [7, 11) is 3.14. The number of hydrogen-bond acceptors (Lipinski definition) is 5. The summed E-state index contributed by atoms with van der Waals surface area (Å²) in [6.07, 6.45) is 0. The third kappa shape index (κ3) is 3.56. The number of thiocarbonyl (C=S) groups is 1. The molecule has 1 aromatic carbocycles. The molecule has 0 radical (unpaired) electrons. The first kappa shape index (κ1) is 17.1. The highest BCUT2D eigenvalue weighted by molar-refractivity contribution is 7.80. The lowest BCUT2D eigenvalue weighted by atomic mass is 9.88. The van der Waals surface area contributed by atoms with E-state index >= 15 is 0 Å². The molecule has 2 N–H and O–H groups in total. The normalized spacial score (nSPS) is 20.3. The Labute approximate surface area is 140 Å². The second-order valence-electron chi connectivity index (χ2n) is 4.94. The Morgan fingerprint density at radius 1 is 1.35 bits per heavy atom. The summed E-state index contributed by atoms with van der Waals surface area (Å²) in [5, 5.41) is 6.39. The van der Waals surface area contributed by atoms with E-state index in [0.717, 1.165) is 5.56 Å². The molecule has 0 aliphatic carbocycles. The second-order valence-corrected chi connectivity index (χ2v) is 5.35. The molecular weight excluding hydrogens is 316 g/mol. The van der Waals surface area contributed by atoms with Crippen LogP contribution in [-0.4, -0.2) is 31.9 Å². The van der Waals surface area contributed by atoms with E-state index in [9.17, 15) is 4.79 Å². The van der Waals surface area contributed by atoms with Crippen LogP contribution in [0.3, 0.4) is 0 Å². The Balaban J connectivity index is 2.45. The van der Waals surface area contributed by atoms with Crippen molar-refractivity contribution >= 4 is 23.3 Å². The average Bonchev–Trinajstić information content (AvgIpc) is 2.53. The molecule has 124 valence electrons. The fourth-order valence-electron chi connectivity index (χ4n) is 2.53. The molecule has 2 atom stereocenters. The van der Waals surface area contributed by atoms with Crippen LogP contribution < -0.4 is 20.1 Å². The maximum atomic E-state index is 12.3. The molecule has 0 spiro atoms. The third-order valence-corrected chi connectivity index (χ3v) is 3.81. The summed E-state index contributed by atoms with van der Waals surface area (Å²) in [5.74, 6) is 0.258. The number of hydrogen-bond donors (Lipinski definition) is 2. The number of carbonyl (C=O) groups excluding carboxylic acids is 1. The van der Waals surface area contributed by atoms with Gasteiger partial charge in [0.1, 0.15) is 17.4 Å². The Kier molecular flexibility index (Phi) is 5.44. The summed E-state index contributed by atoms with van der Waals surface area (Å²) in [6, 6.07) is 4.96. The summed E-state index contributed by atoms with van der Waals surface area (Å²) in [5.41, 5.74) is 1.27. The SMILES string of the molecule is C=C1NC(=S)NC(c2ccc(OC)cc2OC)C1C(=O)OCC. The largest absolute Gasteiger partial charge is 0.497 e. The quantitative estimate of drug-likeness (QED) is 0.629. The lowest BCUT2D eigenvalue weighted by Crippen LogP contribution is -2.51. The van der Waals surface area contributed by atoms with Gasteiger partial charge in [-0.1, -0.05) is 6.58 Å². The van der Waals surface area contributed by atoms with Crippen molar-refractivity contribution in [2.45, 2.75) is 13.0 Å². The molecule has 0 bridgehead atoms. The van der Waals surface area contributed by atoms with Gasteiger partial charge in [-0.25, -0.2) is 0 Å². The van der Waals surface area contributed by atoms with Crippen molar-refractivity contribution in [3.05, 3.63) is 36.0 Å². The zero-order valence-electron chi connectivity index (χ0n) is 13.3. The number of nitrogens with one attached hydrogen (secondary N) is 2. The number of benzene rings is 1. The van der Waals surface area contributed by atoms with Crippen molar-refractivity contribution < 1.29 is 19.0 Å². The van der Waals surface area contributed by atoms with Gasteiger partial charge in [0.05, 0.1) is 26.9 Å². The topological polar surface area (TPSA) is 68.8 Å². The van der Waals surface area contributed by atoms with Crippen molar-refractivity contribution in [2.75, 3.05) is 20.8 Å². The minimum absolute atomic E-state index is 0.291. The zero-order valence-corrected chi connectivity index (χ0v) is 14.2. The van der Waals surface area contributed by atoms with Gasteiger partial charge in [-0.15, -0.1) is 0 Å². The van der Waals surface area contributed by atoms with Crippen LogP contribution in [0.4, 0.5) is 0 Å². The Hall–Kier alpha value is -2.28. The molecule has 1 fully saturated rings. The number of esters is 1.